The number of carbonyl (C=O) groups is 1. The molecule has 0 bridgehead atoms. The van der Waals surface area contributed by atoms with Crippen LogP contribution in [0.5, 0.6) is 0 Å². The molecule has 210 valence electrons. The molecule has 0 N–H and O–H groups in total. The van der Waals surface area contributed by atoms with Crippen molar-refractivity contribution in [2.75, 3.05) is 0 Å². The maximum absolute atomic E-state index is 12.9. The van der Waals surface area contributed by atoms with Gasteiger partial charge in [0.2, 0.25) is 0 Å². The molecule has 4 aliphatic carbocycles. The molecule has 2 nitrogen and oxygen atoms in total. The highest BCUT2D eigenvalue weighted by molar-refractivity contribution is 6.36. The van der Waals surface area contributed by atoms with E-state index in [0.717, 1.165) is 54.8 Å². The minimum Gasteiger partial charge on any atom is -0.458 e. The quantitative estimate of drug-likeness (QED) is 0.245. The third-order valence-corrected chi connectivity index (χ3v) is 12.2. The van der Waals surface area contributed by atoms with Gasteiger partial charge in [-0.15, -0.1) is 0 Å². The van der Waals surface area contributed by atoms with Crippen LogP contribution < -0.4 is 0 Å². The fraction of sp³-hybridized carbons (Fsp3) is 0.735. The molecule has 38 heavy (non-hydrogen) atoms. The monoisotopic (exact) mass is 558 g/mol. The molecule has 0 aliphatic heterocycles. The Bertz CT molecular complexity index is 1060. The second-order valence-corrected chi connectivity index (χ2v) is 15.0. The summed E-state index contributed by atoms with van der Waals surface area (Å²) in [6.07, 6.45) is 16.4. The summed E-state index contributed by atoms with van der Waals surface area (Å²) in [5, 5.41) is 0.886. The molecule has 1 unspecified atom stereocenters. The number of hydrogen-bond acceptors (Lipinski definition) is 2. The van der Waals surface area contributed by atoms with Gasteiger partial charge in [0.1, 0.15) is 6.10 Å². The van der Waals surface area contributed by atoms with Crippen molar-refractivity contribution in [1.82, 2.24) is 0 Å². The van der Waals surface area contributed by atoms with Crippen molar-refractivity contribution in [2.24, 2.45) is 46.3 Å². The second-order valence-electron chi connectivity index (χ2n) is 14.2. The Morgan fingerprint density at radius 2 is 1.82 bits per heavy atom. The second kappa shape index (κ2) is 11.1. The largest absolute Gasteiger partial charge is 0.458 e. The normalized spacial score (nSPS) is 37.2. The highest BCUT2D eigenvalue weighted by Crippen LogP contribution is 2.67. The minimum absolute atomic E-state index is 0.0680. The van der Waals surface area contributed by atoms with Crippen LogP contribution in [-0.4, -0.2) is 12.1 Å². The van der Waals surface area contributed by atoms with Crippen molar-refractivity contribution in [3.05, 3.63) is 45.5 Å². The SMILES string of the molecule is CC(C)CCC[C@@H](C)[C@H]1CC[C@H]2[C@@H]3CC=C4CC(OC(=O)c5ccc(Cl)cc5Cl)CC[C@]4(C)[C@H]3CC[C@]12C. The summed E-state index contributed by atoms with van der Waals surface area (Å²) < 4.78 is 5.99. The molecule has 1 aromatic rings. The number of halogens is 2. The Balaban J connectivity index is 1.25. The number of carbonyl (C=O) groups excluding carboxylic acids is 1. The summed E-state index contributed by atoms with van der Waals surface area (Å²) >= 11 is 12.3. The fourth-order valence-electron chi connectivity index (χ4n) is 9.62. The number of rotatable bonds is 7. The first-order chi connectivity index (χ1) is 18.0. The highest BCUT2D eigenvalue weighted by atomic mass is 35.5. The van der Waals surface area contributed by atoms with E-state index in [9.17, 15) is 4.79 Å². The number of esters is 1. The summed E-state index contributed by atoms with van der Waals surface area (Å²) in [6.45, 7) is 12.5. The van der Waals surface area contributed by atoms with Gasteiger partial charge in [-0.25, -0.2) is 4.79 Å². The van der Waals surface area contributed by atoms with Crippen molar-refractivity contribution in [1.29, 1.82) is 0 Å². The van der Waals surface area contributed by atoms with Crippen LogP contribution >= 0.6 is 23.2 Å². The molecule has 3 saturated carbocycles. The van der Waals surface area contributed by atoms with Gasteiger partial charge in [-0.3, -0.25) is 0 Å². The Hall–Kier alpha value is -0.990. The van der Waals surface area contributed by atoms with Crippen molar-refractivity contribution in [3.63, 3.8) is 0 Å². The number of allylic oxidation sites excluding steroid dienone is 1. The average molecular weight is 560 g/mol. The minimum atomic E-state index is -0.331. The predicted molar refractivity (Wildman–Crippen MR) is 159 cm³/mol. The number of fused-ring (bicyclic) bond motifs is 5. The van der Waals surface area contributed by atoms with Gasteiger partial charge >= 0.3 is 5.97 Å². The lowest BCUT2D eigenvalue weighted by atomic mass is 9.47. The van der Waals surface area contributed by atoms with E-state index in [-0.39, 0.29) is 17.5 Å². The molecule has 0 heterocycles. The Morgan fingerprint density at radius 1 is 1.03 bits per heavy atom. The molecule has 4 heteroatoms. The summed E-state index contributed by atoms with van der Waals surface area (Å²) in [5.74, 6) is 4.71. The van der Waals surface area contributed by atoms with Crippen LogP contribution in [0, 0.1) is 46.3 Å². The zero-order valence-corrected chi connectivity index (χ0v) is 25.7. The van der Waals surface area contributed by atoms with Crippen LogP contribution in [0.2, 0.25) is 10.0 Å². The summed E-state index contributed by atoms with van der Waals surface area (Å²) in [5.41, 5.74) is 2.73. The molecule has 4 aliphatic rings. The lowest BCUT2D eigenvalue weighted by Gasteiger charge is -2.58. The lowest BCUT2D eigenvalue weighted by molar-refractivity contribution is -0.0594. The van der Waals surface area contributed by atoms with E-state index in [0.29, 0.717) is 21.0 Å². The zero-order chi connectivity index (χ0) is 27.2. The van der Waals surface area contributed by atoms with Crippen LogP contribution in [0.25, 0.3) is 0 Å². The van der Waals surface area contributed by atoms with Crippen LogP contribution in [0.4, 0.5) is 0 Å². The molecule has 5 rings (SSSR count). The van der Waals surface area contributed by atoms with Gasteiger partial charge in [0.05, 0.1) is 10.6 Å². The van der Waals surface area contributed by atoms with E-state index in [1.807, 2.05) is 0 Å². The third kappa shape index (κ3) is 5.23. The summed E-state index contributed by atoms with van der Waals surface area (Å²) in [4.78, 5) is 12.9. The molecule has 0 amide bonds. The molecule has 1 aromatic carbocycles. The van der Waals surface area contributed by atoms with Crippen molar-refractivity contribution in [3.8, 4) is 0 Å². The first kappa shape index (κ1) is 28.5. The maximum Gasteiger partial charge on any atom is 0.339 e. The van der Waals surface area contributed by atoms with E-state index in [1.165, 1.54) is 51.4 Å². The van der Waals surface area contributed by atoms with Crippen molar-refractivity contribution >= 4 is 29.2 Å². The molecule has 0 saturated heterocycles. The molecule has 3 fully saturated rings. The third-order valence-electron chi connectivity index (χ3n) is 11.7. The predicted octanol–water partition coefficient (Wildman–Crippen LogP) is 10.6. The van der Waals surface area contributed by atoms with Crippen molar-refractivity contribution < 1.29 is 9.53 Å². The number of hydrogen-bond donors (Lipinski definition) is 0. The van der Waals surface area contributed by atoms with Crippen LogP contribution in [0.1, 0.15) is 116 Å². The van der Waals surface area contributed by atoms with Gasteiger partial charge in [0.25, 0.3) is 0 Å². The van der Waals surface area contributed by atoms with Gasteiger partial charge in [0.15, 0.2) is 0 Å². The van der Waals surface area contributed by atoms with Gasteiger partial charge < -0.3 is 4.74 Å². The Kier molecular flexibility index (Phi) is 8.35. The standard InChI is InChI=1S/C34H48Cl2O2/c1-21(2)7-6-8-22(3)28-13-14-29-26-11-9-23-19-25(38-32(37)27-12-10-24(35)20-31(27)36)15-17-33(23,4)30(26)16-18-34(28,29)5/h9-10,12,20-22,25-26,28-30H,6-8,11,13-19H2,1-5H3/t22-,25?,26+,28-,29+,30+,33+,34-/m1/s1. The van der Waals surface area contributed by atoms with Crippen LogP contribution in [0.15, 0.2) is 29.8 Å². The lowest BCUT2D eigenvalue weighted by Crippen LogP contribution is -2.51. The Morgan fingerprint density at radius 3 is 2.55 bits per heavy atom. The van der Waals surface area contributed by atoms with Gasteiger partial charge in [-0.2, -0.15) is 0 Å². The van der Waals surface area contributed by atoms with Crippen LogP contribution in [0.3, 0.4) is 0 Å². The van der Waals surface area contributed by atoms with Crippen molar-refractivity contribution in [2.45, 2.75) is 111 Å². The van der Waals surface area contributed by atoms with Crippen LogP contribution in [-0.2, 0) is 4.74 Å². The average Bonchev–Trinajstić information content (AvgIpc) is 3.21. The summed E-state index contributed by atoms with van der Waals surface area (Å²) in [6, 6.07) is 4.98. The Labute approximate surface area is 241 Å². The number of ether oxygens (including phenoxy) is 1. The molecule has 0 spiro atoms. The van der Waals surface area contributed by atoms with E-state index in [4.69, 9.17) is 27.9 Å². The fourth-order valence-corrected chi connectivity index (χ4v) is 10.1. The first-order valence-corrected chi connectivity index (χ1v) is 16.1. The molecular formula is C34H48Cl2O2. The maximum atomic E-state index is 12.9. The van der Waals surface area contributed by atoms with Gasteiger partial charge in [-0.1, -0.05) is 88.7 Å². The zero-order valence-electron chi connectivity index (χ0n) is 24.2. The highest BCUT2D eigenvalue weighted by Gasteiger charge is 2.59. The van der Waals surface area contributed by atoms with Gasteiger partial charge in [0, 0.05) is 11.4 Å². The summed E-state index contributed by atoms with van der Waals surface area (Å²) in [7, 11) is 0. The first-order valence-electron chi connectivity index (χ1n) is 15.4. The molecule has 0 radical (unpaired) electrons. The van der Waals surface area contributed by atoms with Gasteiger partial charge in [-0.05, 0) is 109 Å². The van der Waals surface area contributed by atoms with E-state index >= 15 is 0 Å². The number of benzene rings is 1. The molecule has 8 atom stereocenters. The molecular weight excluding hydrogens is 511 g/mol. The smallest absolute Gasteiger partial charge is 0.339 e. The van der Waals surface area contributed by atoms with E-state index < -0.39 is 0 Å². The van der Waals surface area contributed by atoms with E-state index in [2.05, 4.69) is 40.7 Å². The molecule has 0 aromatic heterocycles. The topological polar surface area (TPSA) is 26.3 Å². The van der Waals surface area contributed by atoms with E-state index in [1.54, 1.807) is 23.8 Å².